The minimum atomic E-state index is -3.49. The maximum Gasteiger partial charge on any atom is 0.177 e. The van der Waals surface area contributed by atoms with E-state index < -0.39 is 21.4 Å². The van der Waals surface area contributed by atoms with Crippen LogP contribution in [0.5, 0.6) is 0 Å². The van der Waals surface area contributed by atoms with Crippen LogP contribution >= 0.6 is 0 Å². The van der Waals surface area contributed by atoms with E-state index in [0.717, 1.165) is 11.1 Å². The Morgan fingerprint density at radius 3 is 2.50 bits per heavy atom. The molecule has 0 aliphatic rings. The first-order chi connectivity index (χ1) is 8.35. The van der Waals surface area contributed by atoms with Crippen molar-refractivity contribution in [3.63, 3.8) is 0 Å². The molecule has 4 nitrogen and oxygen atoms in total. The Morgan fingerprint density at radius 2 is 1.94 bits per heavy atom. The fourth-order valence-corrected chi connectivity index (χ4v) is 2.58. The van der Waals surface area contributed by atoms with Gasteiger partial charge in [-0.05, 0) is 31.0 Å². The van der Waals surface area contributed by atoms with Crippen molar-refractivity contribution in [2.45, 2.75) is 20.3 Å². The number of hydrogen-bond acceptors (Lipinski definition) is 4. The van der Waals surface area contributed by atoms with Crippen molar-refractivity contribution < 1.29 is 13.2 Å². The fraction of sp³-hybridized carbons (Fsp3) is 0.385. The van der Waals surface area contributed by atoms with Crippen LogP contribution in [0.4, 0.5) is 0 Å². The van der Waals surface area contributed by atoms with Crippen LogP contribution in [0.2, 0.25) is 0 Å². The lowest BCUT2D eigenvalue weighted by molar-refractivity contribution is 0.102. The summed E-state index contributed by atoms with van der Waals surface area (Å²) in [7, 11) is -3.49. The van der Waals surface area contributed by atoms with Crippen molar-refractivity contribution in [2.24, 2.45) is 0 Å². The van der Waals surface area contributed by atoms with Gasteiger partial charge in [0.05, 0.1) is 11.8 Å². The first-order valence-electron chi connectivity index (χ1n) is 5.53. The number of nitrogens with zero attached hydrogens (tertiary/aromatic N) is 1. The van der Waals surface area contributed by atoms with E-state index in [9.17, 15) is 13.2 Å². The van der Waals surface area contributed by atoms with E-state index in [-0.39, 0.29) is 12.2 Å². The molecule has 0 aliphatic heterocycles. The summed E-state index contributed by atoms with van der Waals surface area (Å²) in [6, 6.07) is 6.88. The Morgan fingerprint density at radius 1 is 1.28 bits per heavy atom. The molecule has 18 heavy (non-hydrogen) atoms. The van der Waals surface area contributed by atoms with Gasteiger partial charge in [-0.2, -0.15) is 5.26 Å². The quantitative estimate of drug-likeness (QED) is 0.761. The number of nitriles is 1. The molecule has 0 atom stereocenters. The third kappa shape index (κ3) is 3.97. The van der Waals surface area contributed by atoms with Gasteiger partial charge in [0.2, 0.25) is 0 Å². The van der Waals surface area contributed by atoms with Crippen LogP contribution in [-0.4, -0.2) is 25.7 Å². The lowest BCUT2D eigenvalue weighted by Crippen LogP contribution is -2.19. The van der Waals surface area contributed by atoms with Crippen molar-refractivity contribution >= 4 is 15.6 Å². The molecule has 0 radical (unpaired) electrons. The molecule has 1 rings (SSSR count). The van der Waals surface area contributed by atoms with E-state index in [2.05, 4.69) is 0 Å². The summed E-state index contributed by atoms with van der Waals surface area (Å²) < 4.78 is 23.1. The van der Waals surface area contributed by atoms with E-state index >= 15 is 0 Å². The zero-order valence-electron chi connectivity index (χ0n) is 10.4. The number of aryl methyl sites for hydroxylation is 2. The first kappa shape index (κ1) is 14.4. The van der Waals surface area contributed by atoms with Crippen LogP contribution in [0, 0.1) is 25.2 Å². The Bertz CT molecular complexity index is 597. The molecule has 0 spiro atoms. The zero-order chi connectivity index (χ0) is 13.8. The van der Waals surface area contributed by atoms with Gasteiger partial charge in [-0.1, -0.05) is 12.1 Å². The number of benzene rings is 1. The van der Waals surface area contributed by atoms with Gasteiger partial charge >= 0.3 is 0 Å². The molecule has 0 N–H and O–H groups in total. The van der Waals surface area contributed by atoms with Crippen LogP contribution in [0.1, 0.15) is 27.9 Å². The highest BCUT2D eigenvalue weighted by Gasteiger charge is 2.17. The smallest absolute Gasteiger partial charge is 0.177 e. The Hall–Kier alpha value is -1.67. The van der Waals surface area contributed by atoms with E-state index in [1.54, 1.807) is 24.3 Å². The average Bonchev–Trinajstić information content (AvgIpc) is 2.29. The molecule has 0 amide bonds. The highest BCUT2D eigenvalue weighted by atomic mass is 32.2. The van der Waals surface area contributed by atoms with Gasteiger partial charge in [-0.3, -0.25) is 4.79 Å². The normalized spacial score (nSPS) is 10.9. The van der Waals surface area contributed by atoms with Crippen LogP contribution in [-0.2, 0) is 9.84 Å². The average molecular weight is 265 g/mol. The van der Waals surface area contributed by atoms with Gasteiger partial charge < -0.3 is 0 Å². The number of sulfone groups is 1. The second-order valence-corrected chi connectivity index (χ2v) is 6.41. The molecule has 0 saturated carbocycles. The van der Waals surface area contributed by atoms with Crippen molar-refractivity contribution in [2.75, 3.05) is 11.5 Å². The molecule has 1 aromatic carbocycles. The third-order valence-electron chi connectivity index (χ3n) is 2.70. The van der Waals surface area contributed by atoms with Gasteiger partial charge in [0, 0.05) is 12.0 Å². The molecule has 96 valence electrons. The summed E-state index contributed by atoms with van der Waals surface area (Å²) in [5, 5.41) is 8.35. The summed E-state index contributed by atoms with van der Waals surface area (Å²) in [5.74, 6) is -1.21. The van der Waals surface area contributed by atoms with E-state index in [0.29, 0.717) is 5.56 Å². The SMILES string of the molecule is Cc1ccc(C(=O)CS(=O)(=O)CCC#N)cc1C. The lowest BCUT2D eigenvalue weighted by Gasteiger charge is -2.05. The largest absolute Gasteiger partial charge is 0.293 e. The molecule has 5 heteroatoms. The summed E-state index contributed by atoms with van der Waals surface area (Å²) >= 11 is 0. The standard InChI is InChI=1S/C13H15NO3S/c1-10-4-5-12(8-11(10)2)13(15)9-18(16,17)7-3-6-14/h4-5,8H,3,7,9H2,1-2H3. The summed E-state index contributed by atoms with van der Waals surface area (Å²) in [4.78, 5) is 11.8. The van der Waals surface area contributed by atoms with Gasteiger partial charge in [0.25, 0.3) is 0 Å². The van der Waals surface area contributed by atoms with E-state index in [1.165, 1.54) is 0 Å². The monoisotopic (exact) mass is 265 g/mol. The Kier molecular flexibility index (Phi) is 4.62. The molecular weight excluding hydrogens is 250 g/mol. The molecule has 0 fully saturated rings. The highest BCUT2D eigenvalue weighted by molar-refractivity contribution is 7.92. The van der Waals surface area contributed by atoms with Crippen LogP contribution in [0.25, 0.3) is 0 Å². The van der Waals surface area contributed by atoms with Crippen LogP contribution in [0.3, 0.4) is 0 Å². The number of rotatable bonds is 5. The molecule has 0 heterocycles. The molecule has 0 aliphatic carbocycles. The second kappa shape index (κ2) is 5.78. The highest BCUT2D eigenvalue weighted by Crippen LogP contribution is 2.11. The topological polar surface area (TPSA) is 75.0 Å². The summed E-state index contributed by atoms with van der Waals surface area (Å²) in [6.07, 6.45) is -0.0808. The molecule has 0 bridgehead atoms. The molecule has 0 aromatic heterocycles. The zero-order valence-corrected chi connectivity index (χ0v) is 11.3. The third-order valence-corrected chi connectivity index (χ3v) is 4.23. The van der Waals surface area contributed by atoms with Crippen molar-refractivity contribution in [1.82, 2.24) is 0 Å². The number of carbonyl (C=O) groups excluding carboxylic acids is 1. The minimum Gasteiger partial charge on any atom is -0.293 e. The maximum absolute atomic E-state index is 11.8. The lowest BCUT2D eigenvalue weighted by atomic mass is 10.0. The van der Waals surface area contributed by atoms with Gasteiger partial charge in [0.1, 0.15) is 5.75 Å². The predicted molar refractivity (Wildman–Crippen MR) is 69.1 cm³/mol. The Labute approximate surface area is 107 Å². The number of hydrogen-bond donors (Lipinski definition) is 0. The number of ketones is 1. The molecule has 0 unspecified atom stereocenters. The Balaban J connectivity index is 2.83. The van der Waals surface area contributed by atoms with Crippen molar-refractivity contribution in [1.29, 1.82) is 5.26 Å². The van der Waals surface area contributed by atoms with Gasteiger partial charge in [-0.15, -0.1) is 0 Å². The van der Waals surface area contributed by atoms with E-state index in [4.69, 9.17) is 5.26 Å². The summed E-state index contributed by atoms with van der Waals surface area (Å²) in [6.45, 7) is 3.80. The van der Waals surface area contributed by atoms with Crippen LogP contribution < -0.4 is 0 Å². The van der Waals surface area contributed by atoms with Crippen LogP contribution in [0.15, 0.2) is 18.2 Å². The predicted octanol–water partition coefficient (Wildman–Crippen LogP) is 1.81. The minimum absolute atomic E-state index is 0.0808. The second-order valence-electron chi connectivity index (χ2n) is 4.22. The fourth-order valence-electron chi connectivity index (χ4n) is 1.47. The molecule has 0 saturated heterocycles. The van der Waals surface area contributed by atoms with Gasteiger partial charge in [0.15, 0.2) is 15.6 Å². The first-order valence-corrected chi connectivity index (χ1v) is 7.35. The maximum atomic E-state index is 11.8. The molecule has 1 aromatic rings. The number of carbonyl (C=O) groups is 1. The van der Waals surface area contributed by atoms with E-state index in [1.807, 2.05) is 13.8 Å². The van der Waals surface area contributed by atoms with Gasteiger partial charge in [-0.25, -0.2) is 8.42 Å². The van der Waals surface area contributed by atoms with Crippen molar-refractivity contribution in [3.8, 4) is 6.07 Å². The number of Topliss-reactive ketones (excluding diaryl/α,β-unsaturated/α-hetero) is 1. The van der Waals surface area contributed by atoms with Crippen molar-refractivity contribution in [3.05, 3.63) is 34.9 Å². The molecular formula is C13H15NO3S. The summed E-state index contributed by atoms with van der Waals surface area (Å²) in [5.41, 5.74) is 2.41.